The van der Waals surface area contributed by atoms with Crippen molar-refractivity contribution in [1.29, 1.82) is 0 Å². The van der Waals surface area contributed by atoms with Gasteiger partial charge in [0.2, 0.25) is 0 Å². The van der Waals surface area contributed by atoms with E-state index in [2.05, 4.69) is 25.3 Å². The van der Waals surface area contributed by atoms with Crippen LogP contribution in [-0.4, -0.2) is 44.8 Å². The van der Waals surface area contributed by atoms with Crippen molar-refractivity contribution >= 4 is 13.3 Å². The molecule has 0 saturated carbocycles. The first-order chi connectivity index (χ1) is 12.2. The summed E-state index contributed by atoms with van der Waals surface area (Å²) in [5.74, 6) is 0. The van der Waals surface area contributed by atoms with Gasteiger partial charge in [-0.1, -0.05) is 49.0 Å². The number of alkyl halides is 3. The zero-order chi connectivity index (χ0) is 19.4. The summed E-state index contributed by atoms with van der Waals surface area (Å²) < 4.78 is 45.9. The second kappa shape index (κ2) is 8.72. The summed E-state index contributed by atoms with van der Waals surface area (Å²) in [6.45, 7) is 12.9. The monoisotopic (exact) mass is 385 g/mol. The summed E-state index contributed by atoms with van der Waals surface area (Å²) >= 11 is 0. The van der Waals surface area contributed by atoms with Crippen LogP contribution < -0.4 is 5.19 Å². The minimum atomic E-state index is -4.31. The molecule has 0 bridgehead atoms. The normalized spacial score (nSPS) is 24.2. The average Bonchev–Trinajstić information content (AvgIpc) is 2.57. The van der Waals surface area contributed by atoms with Crippen LogP contribution in [0.25, 0.3) is 0 Å². The Labute approximate surface area is 156 Å². The van der Waals surface area contributed by atoms with Gasteiger partial charge in [-0.3, -0.25) is 4.90 Å². The Bertz CT molecular complexity index is 597. The summed E-state index contributed by atoms with van der Waals surface area (Å²) in [5.41, 5.74) is 1.31. The molecule has 1 fully saturated rings. The summed E-state index contributed by atoms with van der Waals surface area (Å²) in [4.78, 5) is 2.40. The van der Waals surface area contributed by atoms with E-state index in [-0.39, 0.29) is 12.2 Å². The standard InChI is InChI=1S/C20H30F3NOSi/c1-5-26(4,19-11-7-6-10-18(19)20(21,22)23)13-9-8-12-24-14-16(2)25-17(3)15-24/h5-7,10-11,16-17H,1,8-9,12-15H2,2-4H3. The Morgan fingerprint density at radius 1 is 1.19 bits per heavy atom. The molecule has 3 unspecified atom stereocenters. The maximum absolute atomic E-state index is 13.4. The first-order valence-electron chi connectivity index (χ1n) is 9.34. The Kier molecular flexibility index (Phi) is 7.10. The molecule has 0 aromatic heterocycles. The molecule has 1 aliphatic heterocycles. The van der Waals surface area contributed by atoms with Gasteiger partial charge in [0.25, 0.3) is 0 Å². The highest BCUT2D eigenvalue weighted by molar-refractivity contribution is 6.95. The molecule has 146 valence electrons. The number of benzene rings is 1. The van der Waals surface area contributed by atoms with Gasteiger partial charge in [0, 0.05) is 13.1 Å². The molecule has 1 aliphatic rings. The van der Waals surface area contributed by atoms with Crippen LogP contribution >= 0.6 is 0 Å². The molecule has 1 heterocycles. The van der Waals surface area contributed by atoms with Crippen LogP contribution in [0.3, 0.4) is 0 Å². The Morgan fingerprint density at radius 2 is 1.81 bits per heavy atom. The van der Waals surface area contributed by atoms with Crippen LogP contribution in [-0.2, 0) is 10.9 Å². The number of nitrogens with zero attached hydrogens (tertiary/aromatic N) is 1. The number of hydrogen-bond acceptors (Lipinski definition) is 2. The van der Waals surface area contributed by atoms with Gasteiger partial charge in [-0.25, -0.2) is 0 Å². The smallest absolute Gasteiger partial charge is 0.373 e. The summed E-state index contributed by atoms with van der Waals surface area (Å²) in [6, 6.07) is 6.79. The molecule has 1 aromatic rings. The van der Waals surface area contributed by atoms with E-state index in [4.69, 9.17) is 4.74 Å². The van der Waals surface area contributed by atoms with Gasteiger partial charge >= 0.3 is 6.18 Å². The van der Waals surface area contributed by atoms with Gasteiger partial charge in [0.05, 0.1) is 17.8 Å². The lowest BCUT2D eigenvalue weighted by molar-refractivity contribution is -0.136. The zero-order valence-corrected chi connectivity index (χ0v) is 17.0. The first-order valence-corrected chi connectivity index (χ1v) is 12.1. The Balaban J connectivity index is 1.97. The largest absolute Gasteiger partial charge is 0.416 e. The van der Waals surface area contributed by atoms with Crippen molar-refractivity contribution in [2.24, 2.45) is 0 Å². The highest BCUT2D eigenvalue weighted by Crippen LogP contribution is 2.30. The Hall–Kier alpha value is -1.11. The van der Waals surface area contributed by atoms with E-state index >= 15 is 0 Å². The van der Waals surface area contributed by atoms with E-state index in [1.165, 1.54) is 12.1 Å². The lowest BCUT2D eigenvalue weighted by Crippen LogP contribution is -2.47. The maximum Gasteiger partial charge on any atom is 0.416 e. The van der Waals surface area contributed by atoms with Crippen LogP contribution in [0.1, 0.15) is 32.3 Å². The van der Waals surface area contributed by atoms with E-state index < -0.39 is 19.8 Å². The molecule has 0 spiro atoms. The lowest BCUT2D eigenvalue weighted by Gasteiger charge is -2.35. The molecule has 0 amide bonds. The van der Waals surface area contributed by atoms with Crippen molar-refractivity contribution in [3.63, 3.8) is 0 Å². The van der Waals surface area contributed by atoms with E-state index in [0.29, 0.717) is 5.19 Å². The molecule has 1 saturated heterocycles. The molecule has 26 heavy (non-hydrogen) atoms. The fourth-order valence-electron chi connectivity index (χ4n) is 3.87. The van der Waals surface area contributed by atoms with Crippen molar-refractivity contribution < 1.29 is 17.9 Å². The number of morpholine rings is 1. The average molecular weight is 386 g/mol. The van der Waals surface area contributed by atoms with Gasteiger partial charge in [-0.2, -0.15) is 13.2 Å². The van der Waals surface area contributed by atoms with Crippen molar-refractivity contribution in [3.05, 3.63) is 42.1 Å². The second-order valence-electron chi connectivity index (χ2n) is 7.64. The lowest BCUT2D eigenvalue weighted by atomic mass is 10.2. The molecular weight excluding hydrogens is 355 g/mol. The second-order valence-corrected chi connectivity index (χ2v) is 11.9. The topological polar surface area (TPSA) is 12.5 Å². The van der Waals surface area contributed by atoms with Crippen molar-refractivity contribution in [2.75, 3.05) is 19.6 Å². The minimum absolute atomic E-state index is 0.241. The van der Waals surface area contributed by atoms with Gasteiger partial charge < -0.3 is 4.74 Å². The summed E-state index contributed by atoms with van der Waals surface area (Å²) in [6.07, 6.45) is -1.92. The third-order valence-corrected chi connectivity index (χ3v) is 9.17. The molecular formula is C20H30F3NOSi. The molecule has 0 N–H and O–H groups in total. The molecule has 2 rings (SSSR count). The molecule has 0 aliphatic carbocycles. The number of rotatable bonds is 7. The molecule has 6 heteroatoms. The highest BCUT2D eigenvalue weighted by atomic mass is 28.3. The molecule has 1 aromatic carbocycles. The van der Waals surface area contributed by atoms with Crippen LogP contribution in [0, 0.1) is 0 Å². The van der Waals surface area contributed by atoms with Crippen LogP contribution in [0.5, 0.6) is 0 Å². The van der Waals surface area contributed by atoms with Crippen molar-refractivity contribution in [3.8, 4) is 0 Å². The first kappa shape index (κ1) is 21.2. The molecule has 3 atom stereocenters. The van der Waals surface area contributed by atoms with Crippen LogP contribution in [0.15, 0.2) is 36.5 Å². The van der Waals surface area contributed by atoms with Crippen LogP contribution in [0.4, 0.5) is 13.2 Å². The fraction of sp³-hybridized carbons (Fsp3) is 0.600. The maximum atomic E-state index is 13.4. The Morgan fingerprint density at radius 3 is 2.38 bits per heavy atom. The zero-order valence-electron chi connectivity index (χ0n) is 16.0. The van der Waals surface area contributed by atoms with E-state index in [9.17, 15) is 13.2 Å². The fourth-order valence-corrected chi connectivity index (χ4v) is 6.86. The van der Waals surface area contributed by atoms with E-state index in [1.54, 1.807) is 17.8 Å². The third kappa shape index (κ3) is 5.44. The summed E-state index contributed by atoms with van der Waals surface area (Å²) in [7, 11) is -2.37. The highest BCUT2D eigenvalue weighted by Gasteiger charge is 2.38. The van der Waals surface area contributed by atoms with E-state index in [1.807, 2.05) is 6.55 Å². The predicted molar refractivity (Wildman–Crippen MR) is 103 cm³/mol. The third-order valence-electron chi connectivity index (χ3n) is 5.21. The number of unbranched alkanes of at least 4 members (excludes halogenated alkanes) is 1. The molecule has 0 radical (unpaired) electrons. The van der Waals surface area contributed by atoms with Gasteiger partial charge in [-0.05, 0) is 32.0 Å². The number of halogens is 3. The number of hydrogen-bond donors (Lipinski definition) is 0. The van der Waals surface area contributed by atoms with Gasteiger partial charge in [-0.15, -0.1) is 6.58 Å². The van der Waals surface area contributed by atoms with Gasteiger partial charge in [0.1, 0.15) is 8.07 Å². The van der Waals surface area contributed by atoms with Crippen molar-refractivity contribution in [1.82, 2.24) is 4.90 Å². The van der Waals surface area contributed by atoms with Crippen molar-refractivity contribution in [2.45, 2.75) is 57.7 Å². The molecule has 2 nitrogen and oxygen atoms in total. The predicted octanol–water partition coefficient (Wildman–Crippen LogP) is 4.61. The quantitative estimate of drug-likeness (QED) is 0.502. The minimum Gasteiger partial charge on any atom is -0.373 e. The van der Waals surface area contributed by atoms with Crippen LogP contribution in [0.2, 0.25) is 12.6 Å². The SMILES string of the molecule is C=C[Si](C)(CCCCN1CC(C)OC(C)C1)c1ccccc1C(F)(F)F. The summed E-state index contributed by atoms with van der Waals surface area (Å²) in [5, 5.41) is 0.455. The van der Waals surface area contributed by atoms with E-state index in [0.717, 1.165) is 38.5 Å². The number of ether oxygens (including phenoxy) is 1. The van der Waals surface area contributed by atoms with Gasteiger partial charge in [0.15, 0.2) is 0 Å².